The number of carbonyl (C=O) groups excluding carboxylic acids is 1. The van der Waals surface area contributed by atoms with Gasteiger partial charge in [-0.05, 0) is 48.2 Å². The van der Waals surface area contributed by atoms with Crippen LogP contribution in [0.25, 0.3) is 0 Å². The van der Waals surface area contributed by atoms with Crippen molar-refractivity contribution in [3.63, 3.8) is 0 Å². The van der Waals surface area contributed by atoms with E-state index >= 15 is 0 Å². The van der Waals surface area contributed by atoms with Gasteiger partial charge >= 0.3 is 0 Å². The largest absolute Gasteiger partial charge is 0.486 e. The maximum absolute atomic E-state index is 12.9. The quantitative estimate of drug-likeness (QED) is 0.843. The van der Waals surface area contributed by atoms with E-state index in [0.717, 1.165) is 30.5 Å². The lowest BCUT2D eigenvalue weighted by Gasteiger charge is -2.25. The van der Waals surface area contributed by atoms with Crippen LogP contribution in [0, 0.1) is 0 Å². The number of ether oxygens (including phenoxy) is 2. The molecule has 1 amide bonds. The summed E-state index contributed by atoms with van der Waals surface area (Å²) in [7, 11) is 0. The third kappa shape index (κ3) is 3.29. The smallest absolute Gasteiger partial charge is 0.227 e. The second-order valence-corrected chi connectivity index (χ2v) is 6.71. The van der Waals surface area contributed by atoms with Crippen LogP contribution in [0.3, 0.4) is 0 Å². The Morgan fingerprint density at radius 1 is 1.24 bits per heavy atom. The molecule has 1 aromatic carbocycles. The number of halogens is 1. The van der Waals surface area contributed by atoms with E-state index < -0.39 is 0 Å². The molecule has 2 aromatic rings. The van der Waals surface area contributed by atoms with Crippen LogP contribution in [-0.4, -0.2) is 35.5 Å². The summed E-state index contributed by atoms with van der Waals surface area (Å²) in [5.41, 5.74) is 1.99. The van der Waals surface area contributed by atoms with E-state index in [1.54, 1.807) is 18.5 Å². The van der Waals surface area contributed by atoms with Crippen LogP contribution in [0.15, 0.2) is 36.7 Å². The fourth-order valence-corrected chi connectivity index (χ4v) is 3.83. The van der Waals surface area contributed by atoms with Gasteiger partial charge in [0.2, 0.25) is 5.91 Å². The SMILES string of the molecule is O=C(Cc1cc(Cl)c2c(c1)OCCO2)N1CCCC1c1ccncc1. The van der Waals surface area contributed by atoms with Crippen molar-refractivity contribution < 1.29 is 14.3 Å². The molecule has 0 saturated carbocycles. The molecule has 1 unspecified atom stereocenters. The van der Waals surface area contributed by atoms with E-state index in [1.165, 1.54) is 0 Å². The fraction of sp³-hybridized carbons (Fsp3) is 0.368. The summed E-state index contributed by atoms with van der Waals surface area (Å²) in [6, 6.07) is 7.75. The predicted molar refractivity (Wildman–Crippen MR) is 94.1 cm³/mol. The Bertz CT molecular complexity index is 782. The van der Waals surface area contributed by atoms with Crippen LogP contribution in [-0.2, 0) is 11.2 Å². The lowest BCUT2D eigenvalue weighted by Crippen LogP contribution is -2.31. The number of hydrogen-bond acceptors (Lipinski definition) is 4. The first-order valence-electron chi connectivity index (χ1n) is 8.50. The third-order valence-electron chi connectivity index (χ3n) is 4.68. The molecular weight excluding hydrogens is 340 g/mol. The zero-order chi connectivity index (χ0) is 17.2. The minimum Gasteiger partial charge on any atom is -0.486 e. The molecule has 130 valence electrons. The van der Waals surface area contributed by atoms with Gasteiger partial charge in [-0.15, -0.1) is 0 Å². The topological polar surface area (TPSA) is 51.7 Å². The fourth-order valence-electron chi connectivity index (χ4n) is 3.54. The first-order chi connectivity index (χ1) is 12.2. The van der Waals surface area contributed by atoms with E-state index in [1.807, 2.05) is 23.1 Å². The average Bonchev–Trinajstić information content (AvgIpc) is 3.12. The molecule has 2 aliphatic rings. The summed E-state index contributed by atoms with van der Waals surface area (Å²) in [5, 5.41) is 0.493. The minimum atomic E-state index is 0.104. The number of nitrogens with zero attached hydrogens (tertiary/aromatic N) is 2. The number of aromatic nitrogens is 1. The zero-order valence-electron chi connectivity index (χ0n) is 13.8. The number of fused-ring (bicyclic) bond motifs is 1. The highest BCUT2D eigenvalue weighted by atomic mass is 35.5. The first kappa shape index (κ1) is 16.2. The molecule has 3 heterocycles. The molecule has 2 aliphatic heterocycles. The summed E-state index contributed by atoms with van der Waals surface area (Å²) in [6.07, 6.45) is 5.85. The van der Waals surface area contributed by atoms with Crippen molar-refractivity contribution in [2.45, 2.75) is 25.3 Å². The molecule has 1 aromatic heterocycles. The number of carbonyl (C=O) groups is 1. The normalized spacial score (nSPS) is 19.1. The summed E-state index contributed by atoms with van der Waals surface area (Å²) in [5.74, 6) is 1.29. The van der Waals surface area contributed by atoms with E-state index in [0.29, 0.717) is 36.2 Å². The molecule has 0 aliphatic carbocycles. The van der Waals surface area contributed by atoms with Gasteiger partial charge in [0.1, 0.15) is 13.2 Å². The number of pyridine rings is 1. The van der Waals surface area contributed by atoms with Crippen LogP contribution in [0.5, 0.6) is 11.5 Å². The van der Waals surface area contributed by atoms with Gasteiger partial charge in [-0.1, -0.05) is 11.6 Å². The Morgan fingerprint density at radius 3 is 2.88 bits per heavy atom. The van der Waals surface area contributed by atoms with E-state index in [2.05, 4.69) is 4.98 Å². The van der Waals surface area contributed by atoms with Crippen molar-refractivity contribution in [2.24, 2.45) is 0 Å². The van der Waals surface area contributed by atoms with Crippen molar-refractivity contribution >= 4 is 17.5 Å². The number of benzene rings is 1. The molecule has 25 heavy (non-hydrogen) atoms. The zero-order valence-corrected chi connectivity index (χ0v) is 14.5. The molecule has 6 heteroatoms. The van der Waals surface area contributed by atoms with Crippen molar-refractivity contribution in [1.82, 2.24) is 9.88 Å². The highest BCUT2D eigenvalue weighted by Gasteiger charge is 2.30. The van der Waals surface area contributed by atoms with Gasteiger partial charge in [0.05, 0.1) is 17.5 Å². The minimum absolute atomic E-state index is 0.104. The van der Waals surface area contributed by atoms with Gasteiger partial charge in [0, 0.05) is 18.9 Å². The Hall–Kier alpha value is -2.27. The maximum atomic E-state index is 12.9. The first-order valence-corrected chi connectivity index (χ1v) is 8.87. The van der Waals surface area contributed by atoms with Gasteiger partial charge in [0.15, 0.2) is 11.5 Å². The third-order valence-corrected chi connectivity index (χ3v) is 4.96. The predicted octanol–water partition coefficient (Wildman–Crippen LogP) is 3.41. The lowest BCUT2D eigenvalue weighted by atomic mass is 10.0. The maximum Gasteiger partial charge on any atom is 0.227 e. The molecule has 0 bridgehead atoms. The summed E-state index contributed by atoms with van der Waals surface area (Å²) in [6.45, 7) is 1.77. The molecule has 4 rings (SSSR count). The van der Waals surface area contributed by atoms with E-state index in [4.69, 9.17) is 21.1 Å². The van der Waals surface area contributed by atoms with Crippen LogP contribution < -0.4 is 9.47 Å². The van der Waals surface area contributed by atoms with Crippen LogP contribution in [0.1, 0.15) is 30.0 Å². The number of likely N-dealkylation sites (tertiary alicyclic amines) is 1. The highest BCUT2D eigenvalue weighted by Crippen LogP contribution is 2.39. The summed E-state index contributed by atoms with van der Waals surface area (Å²) >= 11 is 6.28. The Balaban J connectivity index is 1.53. The van der Waals surface area contributed by atoms with Gasteiger partial charge in [-0.2, -0.15) is 0 Å². The monoisotopic (exact) mass is 358 g/mol. The van der Waals surface area contributed by atoms with Gasteiger partial charge in [0.25, 0.3) is 0 Å². The van der Waals surface area contributed by atoms with Crippen LogP contribution in [0.4, 0.5) is 0 Å². The number of hydrogen-bond donors (Lipinski definition) is 0. The standard InChI is InChI=1S/C19H19ClN2O3/c20-15-10-13(11-17-19(15)25-9-8-24-17)12-18(23)22-7-1-2-16(22)14-3-5-21-6-4-14/h3-6,10-11,16H,1-2,7-9,12H2. The van der Waals surface area contributed by atoms with Gasteiger partial charge < -0.3 is 14.4 Å². The summed E-state index contributed by atoms with van der Waals surface area (Å²) < 4.78 is 11.1. The van der Waals surface area contributed by atoms with E-state index in [9.17, 15) is 4.79 Å². The molecule has 0 spiro atoms. The van der Waals surface area contributed by atoms with Crippen molar-refractivity contribution in [2.75, 3.05) is 19.8 Å². The van der Waals surface area contributed by atoms with Crippen molar-refractivity contribution in [1.29, 1.82) is 0 Å². The average molecular weight is 359 g/mol. The molecule has 1 fully saturated rings. The molecule has 1 saturated heterocycles. The van der Waals surface area contributed by atoms with E-state index in [-0.39, 0.29) is 11.9 Å². The Labute approximate surface area is 151 Å². The Kier molecular flexibility index (Phi) is 4.49. The van der Waals surface area contributed by atoms with Gasteiger partial charge in [-0.25, -0.2) is 0 Å². The van der Waals surface area contributed by atoms with Crippen LogP contribution in [0.2, 0.25) is 5.02 Å². The lowest BCUT2D eigenvalue weighted by molar-refractivity contribution is -0.131. The van der Waals surface area contributed by atoms with Crippen molar-refractivity contribution in [3.05, 3.63) is 52.8 Å². The second kappa shape index (κ2) is 6.92. The molecule has 5 nitrogen and oxygen atoms in total. The second-order valence-electron chi connectivity index (χ2n) is 6.30. The van der Waals surface area contributed by atoms with Gasteiger partial charge in [-0.3, -0.25) is 9.78 Å². The highest BCUT2D eigenvalue weighted by molar-refractivity contribution is 6.32. The Morgan fingerprint density at radius 2 is 2.04 bits per heavy atom. The number of rotatable bonds is 3. The summed E-state index contributed by atoms with van der Waals surface area (Å²) in [4.78, 5) is 18.9. The molecule has 0 N–H and O–H groups in total. The van der Waals surface area contributed by atoms with Crippen LogP contribution >= 0.6 is 11.6 Å². The molecule has 0 radical (unpaired) electrons. The molecule has 1 atom stereocenters. The molecular formula is C19H19ClN2O3. The number of amides is 1. The van der Waals surface area contributed by atoms with Crippen molar-refractivity contribution in [3.8, 4) is 11.5 Å².